The Morgan fingerprint density at radius 1 is 1.44 bits per heavy atom. The van der Waals surface area contributed by atoms with Crippen LogP contribution in [0.4, 0.5) is 0 Å². The van der Waals surface area contributed by atoms with Gasteiger partial charge in [0.25, 0.3) is 0 Å². The van der Waals surface area contributed by atoms with E-state index < -0.39 is 0 Å². The summed E-state index contributed by atoms with van der Waals surface area (Å²) in [5.74, 6) is 0.998. The minimum absolute atomic E-state index is 0.344. The third-order valence-corrected chi connectivity index (χ3v) is 1.91. The molecule has 0 fully saturated rings. The Bertz CT molecular complexity index is 356. The number of hydrogen-bond donors (Lipinski definition) is 0. The Labute approximate surface area is 100 Å². The Hall–Kier alpha value is -1.13. The van der Waals surface area contributed by atoms with Gasteiger partial charge in [-0.3, -0.25) is 0 Å². The predicted octanol–water partition coefficient (Wildman–Crippen LogP) is 2.62. The molecular formula is C11H15ClN2O2. The quantitative estimate of drug-likeness (QED) is 0.568. The first-order valence-corrected chi connectivity index (χ1v) is 5.49. The molecule has 0 unspecified atom stereocenters. The zero-order chi connectivity index (χ0) is 11.8. The van der Waals surface area contributed by atoms with E-state index in [0.717, 1.165) is 0 Å². The van der Waals surface area contributed by atoms with Crippen molar-refractivity contribution in [1.82, 2.24) is 9.97 Å². The summed E-state index contributed by atoms with van der Waals surface area (Å²) < 4.78 is 10.6. The van der Waals surface area contributed by atoms with Crippen molar-refractivity contribution in [3.63, 3.8) is 0 Å². The second-order valence-electron chi connectivity index (χ2n) is 2.96. The van der Waals surface area contributed by atoms with Gasteiger partial charge in [0.1, 0.15) is 18.4 Å². The maximum atomic E-state index is 5.84. The average molecular weight is 243 g/mol. The van der Waals surface area contributed by atoms with Gasteiger partial charge in [0.2, 0.25) is 5.88 Å². The zero-order valence-electron chi connectivity index (χ0n) is 9.44. The first-order chi connectivity index (χ1) is 7.76. The molecule has 1 aromatic heterocycles. The molecule has 0 aliphatic heterocycles. The van der Waals surface area contributed by atoms with Crippen molar-refractivity contribution in [2.24, 2.45) is 0 Å². The fraction of sp³-hybridized carbons (Fsp3) is 0.455. The Kier molecular flexibility index (Phi) is 5.82. The van der Waals surface area contributed by atoms with Gasteiger partial charge in [0, 0.05) is 12.7 Å². The van der Waals surface area contributed by atoms with Crippen molar-refractivity contribution in [3.05, 3.63) is 29.2 Å². The van der Waals surface area contributed by atoms with Gasteiger partial charge < -0.3 is 9.47 Å². The van der Waals surface area contributed by atoms with E-state index in [1.165, 1.54) is 0 Å². The molecule has 0 amide bonds. The van der Waals surface area contributed by atoms with E-state index in [2.05, 4.69) is 9.97 Å². The fourth-order valence-corrected chi connectivity index (χ4v) is 1.19. The standard InChI is InChI=1S/C11H15ClN2O2/c1-3-5-6-16-11-7-9(12)13-10(14-11)8-15-4-2/h3,5,7H,4,6,8H2,1-2H3/b5-3+. The van der Waals surface area contributed by atoms with Gasteiger partial charge in [-0.15, -0.1) is 0 Å². The molecule has 1 heterocycles. The van der Waals surface area contributed by atoms with Gasteiger partial charge in [-0.05, 0) is 13.8 Å². The van der Waals surface area contributed by atoms with Gasteiger partial charge in [-0.1, -0.05) is 23.8 Å². The highest BCUT2D eigenvalue weighted by Crippen LogP contribution is 2.14. The van der Waals surface area contributed by atoms with Crippen molar-refractivity contribution in [1.29, 1.82) is 0 Å². The second kappa shape index (κ2) is 7.19. The third-order valence-electron chi connectivity index (χ3n) is 1.72. The minimum Gasteiger partial charge on any atom is -0.473 e. The van der Waals surface area contributed by atoms with E-state index in [-0.39, 0.29) is 0 Å². The van der Waals surface area contributed by atoms with Crippen molar-refractivity contribution >= 4 is 11.6 Å². The normalized spacial score (nSPS) is 10.9. The zero-order valence-corrected chi connectivity index (χ0v) is 10.2. The molecule has 1 aromatic rings. The molecule has 0 saturated heterocycles. The lowest BCUT2D eigenvalue weighted by Gasteiger charge is -2.05. The van der Waals surface area contributed by atoms with Crippen LogP contribution in [0.25, 0.3) is 0 Å². The number of allylic oxidation sites excluding steroid dienone is 1. The molecule has 88 valence electrons. The lowest BCUT2D eigenvalue weighted by Crippen LogP contribution is -2.03. The SMILES string of the molecule is C/C=C/COc1cc(Cl)nc(COCC)n1. The number of hydrogen-bond acceptors (Lipinski definition) is 4. The maximum Gasteiger partial charge on any atom is 0.218 e. The molecule has 0 spiro atoms. The first-order valence-electron chi connectivity index (χ1n) is 5.11. The third kappa shape index (κ3) is 4.59. The summed E-state index contributed by atoms with van der Waals surface area (Å²) in [5, 5.41) is 0.361. The van der Waals surface area contributed by atoms with Crippen molar-refractivity contribution in [2.45, 2.75) is 20.5 Å². The molecule has 1 rings (SSSR count). The largest absolute Gasteiger partial charge is 0.473 e. The Morgan fingerprint density at radius 2 is 2.25 bits per heavy atom. The monoisotopic (exact) mass is 242 g/mol. The minimum atomic E-state index is 0.344. The van der Waals surface area contributed by atoms with Gasteiger partial charge >= 0.3 is 0 Å². The van der Waals surface area contributed by atoms with Crippen LogP contribution in [0.15, 0.2) is 18.2 Å². The van der Waals surface area contributed by atoms with Crippen LogP contribution in [0.3, 0.4) is 0 Å². The van der Waals surface area contributed by atoms with Crippen LogP contribution in [0.2, 0.25) is 5.15 Å². The van der Waals surface area contributed by atoms with Crippen molar-refractivity contribution < 1.29 is 9.47 Å². The van der Waals surface area contributed by atoms with Crippen LogP contribution in [0.1, 0.15) is 19.7 Å². The summed E-state index contributed by atoms with van der Waals surface area (Å²) in [5.41, 5.74) is 0. The van der Waals surface area contributed by atoms with Crippen LogP contribution < -0.4 is 4.74 Å². The number of ether oxygens (including phenoxy) is 2. The molecular weight excluding hydrogens is 228 g/mol. The van der Waals surface area contributed by atoms with Crippen LogP contribution in [0, 0.1) is 0 Å². The topological polar surface area (TPSA) is 44.2 Å². The van der Waals surface area contributed by atoms with Gasteiger partial charge in [0.05, 0.1) is 0 Å². The van der Waals surface area contributed by atoms with E-state index in [9.17, 15) is 0 Å². The second-order valence-corrected chi connectivity index (χ2v) is 3.35. The fourth-order valence-electron chi connectivity index (χ4n) is 1.00. The van der Waals surface area contributed by atoms with Gasteiger partial charge in [0.15, 0.2) is 5.82 Å². The summed E-state index contributed by atoms with van der Waals surface area (Å²) in [6, 6.07) is 1.58. The molecule has 0 bridgehead atoms. The Balaban J connectivity index is 2.65. The number of aromatic nitrogens is 2. The molecule has 4 nitrogen and oxygen atoms in total. The summed E-state index contributed by atoms with van der Waals surface area (Å²) in [6.45, 7) is 5.27. The van der Waals surface area contributed by atoms with Crippen LogP contribution in [0.5, 0.6) is 5.88 Å². The highest BCUT2D eigenvalue weighted by Gasteiger charge is 2.03. The summed E-state index contributed by atoms with van der Waals surface area (Å²) >= 11 is 5.84. The highest BCUT2D eigenvalue weighted by atomic mass is 35.5. The highest BCUT2D eigenvalue weighted by molar-refractivity contribution is 6.29. The van der Waals surface area contributed by atoms with Gasteiger partial charge in [-0.2, -0.15) is 4.98 Å². The van der Waals surface area contributed by atoms with E-state index in [4.69, 9.17) is 21.1 Å². The van der Waals surface area contributed by atoms with E-state index in [1.807, 2.05) is 26.0 Å². The Morgan fingerprint density at radius 3 is 2.94 bits per heavy atom. The lowest BCUT2D eigenvalue weighted by molar-refractivity contribution is 0.127. The predicted molar refractivity (Wildman–Crippen MR) is 62.7 cm³/mol. The molecule has 0 aromatic carbocycles. The average Bonchev–Trinajstić information content (AvgIpc) is 2.26. The number of rotatable bonds is 6. The summed E-state index contributed by atoms with van der Waals surface area (Å²) in [4.78, 5) is 8.20. The number of halogens is 1. The van der Waals surface area contributed by atoms with Crippen molar-refractivity contribution in [3.8, 4) is 5.88 Å². The van der Waals surface area contributed by atoms with Gasteiger partial charge in [-0.25, -0.2) is 4.98 Å². The van der Waals surface area contributed by atoms with Crippen LogP contribution in [-0.2, 0) is 11.3 Å². The molecule has 0 radical (unpaired) electrons. The van der Waals surface area contributed by atoms with Crippen molar-refractivity contribution in [2.75, 3.05) is 13.2 Å². The molecule has 16 heavy (non-hydrogen) atoms. The lowest BCUT2D eigenvalue weighted by atomic mass is 10.5. The molecule has 0 aliphatic carbocycles. The van der Waals surface area contributed by atoms with Crippen LogP contribution in [-0.4, -0.2) is 23.2 Å². The van der Waals surface area contributed by atoms with Crippen LogP contribution >= 0.6 is 11.6 Å². The van der Waals surface area contributed by atoms with E-state index in [1.54, 1.807) is 6.07 Å². The molecule has 0 atom stereocenters. The number of nitrogens with zero attached hydrogens (tertiary/aromatic N) is 2. The summed E-state index contributed by atoms with van der Waals surface area (Å²) in [7, 11) is 0. The molecule has 5 heteroatoms. The maximum absolute atomic E-state index is 5.84. The molecule has 0 aliphatic rings. The molecule has 0 saturated carbocycles. The van der Waals surface area contributed by atoms with E-state index in [0.29, 0.717) is 36.7 Å². The first kappa shape index (κ1) is 12.9. The molecule has 0 N–H and O–H groups in total. The smallest absolute Gasteiger partial charge is 0.218 e. The summed E-state index contributed by atoms with van der Waals surface area (Å²) in [6.07, 6.45) is 3.79. The van der Waals surface area contributed by atoms with E-state index >= 15 is 0 Å².